The Bertz CT molecular complexity index is 1090. The molecule has 3 heterocycles. The molecule has 8 heteroatoms. The normalized spacial score (nSPS) is 16.9. The number of likely N-dealkylation sites (tertiary alicyclic amines) is 1. The fourth-order valence-electron chi connectivity index (χ4n) is 4.18. The number of piperidine rings is 1. The second-order valence-electron chi connectivity index (χ2n) is 8.67. The summed E-state index contributed by atoms with van der Waals surface area (Å²) in [5.74, 6) is 1.81. The summed E-state index contributed by atoms with van der Waals surface area (Å²) in [6, 6.07) is 12.0. The van der Waals surface area contributed by atoms with Gasteiger partial charge in [0.2, 0.25) is 0 Å². The number of carbonyl (C=O) groups is 1. The quantitative estimate of drug-likeness (QED) is 0.585. The second kappa shape index (κ2) is 9.16. The Kier molecular flexibility index (Phi) is 6.32. The first-order valence-corrected chi connectivity index (χ1v) is 11.0. The predicted molar refractivity (Wildman–Crippen MR) is 124 cm³/mol. The minimum atomic E-state index is -0.815. The van der Waals surface area contributed by atoms with Crippen LogP contribution in [-0.4, -0.2) is 58.9 Å². The number of benzene rings is 1. The van der Waals surface area contributed by atoms with E-state index in [0.29, 0.717) is 13.1 Å². The Morgan fingerprint density at radius 1 is 1.25 bits per heavy atom. The van der Waals surface area contributed by atoms with Gasteiger partial charge in [-0.3, -0.25) is 9.89 Å². The Morgan fingerprint density at radius 2 is 2.06 bits per heavy atom. The van der Waals surface area contributed by atoms with Crippen molar-refractivity contribution in [2.75, 3.05) is 32.6 Å². The lowest BCUT2D eigenvalue weighted by Gasteiger charge is -2.36. The highest BCUT2D eigenvalue weighted by Gasteiger charge is 2.35. The van der Waals surface area contributed by atoms with Gasteiger partial charge < -0.3 is 19.7 Å². The molecule has 170 valence electrons. The fourth-order valence-corrected chi connectivity index (χ4v) is 4.18. The molecule has 8 nitrogen and oxygen atoms in total. The average Bonchev–Trinajstić information content (AvgIpc) is 3.24. The van der Waals surface area contributed by atoms with Gasteiger partial charge in [0.25, 0.3) is 5.91 Å². The third-order valence-corrected chi connectivity index (χ3v) is 6.24. The number of methoxy groups -OCH3 is 2. The van der Waals surface area contributed by atoms with Crippen LogP contribution in [0.15, 0.2) is 36.4 Å². The fraction of sp³-hybridized carbons (Fsp3) is 0.458. The Hall–Kier alpha value is -3.13. The zero-order chi connectivity index (χ0) is 22.7. The number of amides is 1. The van der Waals surface area contributed by atoms with Crippen molar-refractivity contribution in [2.45, 2.75) is 44.8 Å². The lowest BCUT2D eigenvalue weighted by molar-refractivity contribution is -0.152. The largest absolute Gasteiger partial charge is 0.496 e. The molecule has 32 heavy (non-hydrogen) atoms. The Morgan fingerprint density at radius 3 is 2.84 bits per heavy atom. The van der Waals surface area contributed by atoms with Crippen molar-refractivity contribution < 1.29 is 14.3 Å². The lowest BCUT2D eigenvalue weighted by Crippen LogP contribution is -2.49. The Labute approximate surface area is 188 Å². The molecule has 3 aromatic rings. The van der Waals surface area contributed by atoms with Crippen LogP contribution in [0.25, 0.3) is 11.0 Å². The van der Waals surface area contributed by atoms with E-state index in [1.54, 1.807) is 14.2 Å². The van der Waals surface area contributed by atoms with E-state index in [0.717, 1.165) is 53.2 Å². The summed E-state index contributed by atoms with van der Waals surface area (Å²) >= 11 is 0. The van der Waals surface area contributed by atoms with Crippen LogP contribution in [0.2, 0.25) is 0 Å². The number of rotatable bonds is 7. The third-order valence-electron chi connectivity index (χ3n) is 6.24. The van der Waals surface area contributed by atoms with Crippen LogP contribution >= 0.6 is 0 Å². The van der Waals surface area contributed by atoms with Crippen molar-refractivity contribution in [3.63, 3.8) is 0 Å². The molecule has 0 unspecified atom stereocenters. The van der Waals surface area contributed by atoms with Gasteiger partial charge >= 0.3 is 0 Å². The molecule has 0 spiro atoms. The second-order valence-corrected chi connectivity index (χ2v) is 8.67. The minimum Gasteiger partial charge on any atom is -0.496 e. The van der Waals surface area contributed by atoms with Crippen molar-refractivity contribution in [1.82, 2.24) is 20.1 Å². The molecule has 0 saturated carbocycles. The van der Waals surface area contributed by atoms with E-state index in [1.807, 2.05) is 55.1 Å². The lowest BCUT2D eigenvalue weighted by atomic mass is 9.93. The number of aromatic nitrogens is 3. The number of anilines is 1. The van der Waals surface area contributed by atoms with Gasteiger partial charge in [-0.25, -0.2) is 4.98 Å². The van der Waals surface area contributed by atoms with E-state index >= 15 is 0 Å². The maximum atomic E-state index is 12.8. The number of para-hydroxylation sites is 1. The number of carbonyl (C=O) groups excluding carboxylic acids is 1. The van der Waals surface area contributed by atoms with E-state index < -0.39 is 5.60 Å². The molecule has 1 amide bonds. The molecular weight excluding hydrogens is 406 g/mol. The van der Waals surface area contributed by atoms with Crippen LogP contribution in [-0.2, 0) is 16.1 Å². The molecule has 1 aliphatic heterocycles. The van der Waals surface area contributed by atoms with Gasteiger partial charge in [0.15, 0.2) is 11.5 Å². The first-order chi connectivity index (χ1) is 15.4. The van der Waals surface area contributed by atoms with Gasteiger partial charge in [0, 0.05) is 43.9 Å². The smallest absolute Gasteiger partial charge is 0.254 e. The van der Waals surface area contributed by atoms with Crippen molar-refractivity contribution in [1.29, 1.82) is 0 Å². The van der Waals surface area contributed by atoms with Gasteiger partial charge in [-0.2, -0.15) is 5.10 Å². The van der Waals surface area contributed by atoms with Crippen LogP contribution < -0.4 is 10.1 Å². The number of aromatic amines is 1. The van der Waals surface area contributed by atoms with E-state index in [9.17, 15) is 4.79 Å². The number of hydrogen-bond acceptors (Lipinski definition) is 6. The third kappa shape index (κ3) is 4.41. The number of nitrogens with one attached hydrogen (secondary N) is 2. The number of ether oxygens (including phenoxy) is 2. The molecule has 2 N–H and O–H groups in total. The molecule has 1 atom stereocenters. The highest BCUT2D eigenvalue weighted by molar-refractivity contribution is 5.87. The molecule has 1 aliphatic rings. The van der Waals surface area contributed by atoms with Gasteiger partial charge in [-0.1, -0.05) is 18.2 Å². The highest BCUT2D eigenvalue weighted by atomic mass is 16.5. The maximum absolute atomic E-state index is 12.8. The summed E-state index contributed by atoms with van der Waals surface area (Å²) in [6.45, 7) is 5.63. The number of H-pyrrole nitrogens is 1. The van der Waals surface area contributed by atoms with Crippen LogP contribution in [0.1, 0.15) is 43.9 Å². The van der Waals surface area contributed by atoms with E-state index in [4.69, 9.17) is 14.5 Å². The molecule has 0 aliphatic carbocycles. The summed E-state index contributed by atoms with van der Waals surface area (Å²) in [5.41, 5.74) is 1.96. The number of pyridine rings is 1. The van der Waals surface area contributed by atoms with E-state index in [1.165, 1.54) is 0 Å². The zero-order valence-electron chi connectivity index (χ0n) is 19.1. The monoisotopic (exact) mass is 437 g/mol. The summed E-state index contributed by atoms with van der Waals surface area (Å²) in [4.78, 5) is 19.6. The van der Waals surface area contributed by atoms with Gasteiger partial charge in [0.05, 0.1) is 12.5 Å². The molecule has 4 rings (SSSR count). The molecule has 1 aromatic carbocycles. The van der Waals surface area contributed by atoms with E-state index in [-0.39, 0.29) is 11.8 Å². The molecular formula is C24H31N5O3. The summed E-state index contributed by atoms with van der Waals surface area (Å²) in [7, 11) is 3.25. The summed E-state index contributed by atoms with van der Waals surface area (Å²) in [5, 5.41) is 11.8. The van der Waals surface area contributed by atoms with E-state index in [2.05, 4.69) is 15.5 Å². The number of nitrogens with zero attached hydrogens (tertiary/aromatic N) is 3. The highest BCUT2D eigenvalue weighted by Crippen LogP contribution is 2.30. The number of fused-ring (bicyclic) bond motifs is 1. The van der Waals surface area contributed by atoms with Crippen LogP contribution in [0.4, 0.5) is 5.82 Å². The van der Waals surface area contributed by atoms with Crippen molar-refractivity contribution in [2.24, 2.45) is 0 Å². The minimum absolute atomic E-state index is 0.0233. The molecule has 0 bridgehead atoms. The molecule has 1 fully saturated rings. The molecule has 2 aromatic heterocycles. The molecule has 1 saturated heterocycles. The number of hydrogen-bond donors (Lipinski definition) is 2. The topological polar surface area (TPSA) is 92.4 Å². The van der Waals surface area contributed by atoms with Crippen molar-refractivity contribution in [3.05, 3.63) is 47.7 Å². The first kappa shape index (κ1) is 22.1. The Balaban J connectivity index is 1.48. The SMILES string of the molecule is COc1ccccc1CNc1n[nH]c2nc([C@H]3CCCN(C(=O)C(C)(C)OC)C3)ccc12. The maximum Gasteiger partial charge on any atom is 0.254 e. The summed E-state index contributed by atoms with van der Waals surface area (Å²) in [6.07, 6.45) is 1.95. The van der Waals surface area contributed by atoms with Crippen molar-refractivity contribution >= 4 is 22.8 Å². The van der Waals surface area contributed by atoms with Crippen LogP contribution in [0.5, 0.6) is 5.75 Å². The van der Waals surface area contributed by atoms with Gasteiger partial charge in [-0.15, -0.1) is 0 Å². The zero-order valence-corrected chi connectivity index (χ0v) is 19.1. The van der Waals surface area contributed by atoms with Crippen LogP contribution in [0.3, 0.4) is 0 Å². The van der Waals surface area contributed by atoms with Crippen molar-refractivity contribution in [3.8, 4) is 5.75 Å². The summed E-state index contributed by atoms with van der Waals surface area (Å²) < 4.78 is 10.8. The molecule has 0 radical (unpaired) electrons. The van der Waals surface area contributed by atoms with Gasteiger partial charge in [0.1, 0.15) is 11.4 Å². The first-order valence-electron chi connectivity index (χ1n) is 11.0. The van der Waals surface area contributed by atoms with Gasteiger partial charge in [-0.05, 0) is 44.9 Å². The predicted octanol–water partition coefficient (Wildman–Crippen LogP) is 3.71. The average molecular weight is 438 g/mol. The standard InChI is InChI=1S/C24H31N5O3/c1-24(2,32-4)23(30)29-13-7-9-17(15-29)19-12-11-18-21(27-28-22(18)26-19)25-14-16-8-5-6-10-20(16)31-3/h5-6,8,10-12,17H,7,9,13-15H2,1-4H3,(H2,25,26,27,28)/t17-/m0/s1. The van der Waals surface area contributed by atoms with Crippen LogP contribution in [0, 0.1) is 0 Å².